The van der Waals surface area contributed by atoms with Crippen LogP contribution in [0.5, 0.6) is 0 Å². The zero-order chi connectivity index (χ0) is 12.8. The molecule has 4 nitrogen and oxygen atoms in total. The Labute approximate surface area is 118 Å². The molecule has 0 saturated heterocycles. The van der Waals surface area contributed by atoms with Gasteiger partial charge in [-0.15, -0.1) is 0 Å². The van der Waals surface area contributed by atoms with Gasteiger partial charge in [-0.05, 0) is 12.8 Å². The number of aliphatic carboxylic acids is 2. The summed E-state index contributed by atoms with van der Waals surface area (Å²) in [5.74, 6) is -1.36. The molecule has 0 aromatic heterocycles. The van der Waals surface area contributed by atoms with Gasteiger partial charge in [0.2, 0.25) is 0 Å². The van der Waals surface area contributed by atoms with Crippen molar-refractivity contribution in [2.75, 3.05) is 0 Å². The van der Waals surface area contributed by atoms with Crippen molar-refractivity contribution in [1.29, 1.82) is 0 Å². The van der Waals surface area contributed by atoms with Crippen molar-refractivity contribution >= 4 is 11.9 Å². The van der Waals surface area contributed by atoms with Gasteiger partial charge < -0.3 is 10.2 Å². The van der Waals surface area contributed by atoms with Crippen molar-refractivity contribution < 1.29 is 40.9 Å². The van der Waals surface area contributed by atoms with Crippen LogP contribution in [0.4, 0.5) is 0 Å². The zero-order valence-corrected chi connectivity index (χ0v) is 13.0. The fraction of sp³-hybridized carbons (Fsp3) is 0.833. The third kappa shape index (κ3) is 31.3. The van der Waals surface area contributed by atoms with Crippen LogP contribution in [0.2, 0.25) is 0 Å². The van der Waals surface area contributed by atoms with E-state index in [1.165, 1.54) is 0 Å². The first-order valence-electron chi connectivity index (χ1n) is 5.98. The second kappa shape index (κ2) is 18.0. The Morgan fingerprint density at radius 2 is 1.06 bits per heavy atom. The summed E-state index contributed by atoms with van der Waals surface area (Å²) in [5.41, 5.74) is 0. The number of hydrogen-bond acceptors (Lipinski definition) is 2. The zero-order valence-electron chi connectivity index (χ0n) is 10.7. The molecule has 0 unspecified atom stereocenters. The number of unbranched alkanes of at least 4 members (excludes halogenated alkanes) is 4. The summed E-state index contributed by atoms with van der Waals surface area (Å²) in [6, 6.07) is 0. The van der Waals surface area contributed by atoms with Gasteiger partial charge >= 0.3 is 11.9 Å². The van der Waals surface area contributed by atoms with E-state index in [0.717, 1.165) is 38.5 Å². The van der Waals surface area contributed by atoms with E-state index in [2.05, 4.69) is 13.8 Å². The summed E-state index contributed by atoms with van der Waals surface area (Å²) >= 11 is 0. The first-order valence-corrected chi connectivity index (χ1v) is 5.98. The number of hydrogen-bond donors (Lipinski definition) is 2. The minimum absolute atomic E-state index is 0. The summed E-state index contributed by atoms with van der Waals surface area (Å²) in [7, 11) is 0. The third-order valence-electron chi connectivity index (χ3n) is 1.99. The molecular weight excluding hydrogens is 403 g/mol. The maximum Gasteiger partial charge on any atom is 0.303 e. The van der Waals surface area contributed by atoms with Crippen molar-refractivity contribution in [3.63, 3.8) is 0 Å². The number of rotatable bonds is 8. The monoisotopic (exact) mass is 427 g/mol. The quantitative estimate of drug-likeness (QED) is 0.583. The SMILES string of the molecule is CCCCCC(=O)O.CCCCCC(=O)O.[Pt]. The van der Waals surface area contributed by atoms with Gasteiger partial charge in [0.15, 0.2) is 0 Å². The average Bonchev–Trinajstić information content (AvgIpc) is 2.18. The molecular formula is C12H24O4Pt. The summed E-state index contributed by atoms with van der Waals surface area (Å²) in [6.45, 7) is 4.11. The van der Waals surface area contributed by atoms with Gasteiger partial charge in [0.1, 0.15) is 0 Å². The molecule has 0 aliphatic rings. The summed E-state index contributed by atoms with van der Waals surface area (Å²) < 4.78 is 0. The Balaban J connectivity index is -0.000000218. The van der Waals surface area contributed by atoms with Crippen LogP contribution >= 0.6 is 0 Å². The minimum atomic E-state index is -0.682. The Hall–Kier alpha value is -0.372. The van der Waals surface area contributed by atoms with Crippen molar-refractivity contribution in [2.45, 2.75) is 65.2 Å². The number of carboxylic acid groups (broad SMARTS) is 2. The molecule has 0 rings (SSSR count). The molecule has 0 heterocycles. The average molecular weight is 427 g/mol. The predicted molar refractivity (Wildman–Crippen MR) is 63.6 cm³/mol. The van der Waals surface area contributed by atoms with E-state index in [-0.39, 0.29) is 21.1 Å². The predicted octanol–water partition coefficient (Wildman–Crippen LogP) is 3.30. The Bertz CT molecular complexity index is 163. The fourth-order valence-corrected chi connectivity index (χ4v) is 1.05. The van der Waals surface area contributed by atoms with Gasteiger partial charge in [0.25, 0.3) is 0 Å². The molecule has 0 aliphatic carbocycles. The van der Waals surface area contributed by atoms with E-state index in [1.807, 2.05) is 0 Å². The third-order valence-corrected chi connectivity index (χ3v) is 1.99. The molecule has 0 bridgehead atoms. The van der Waals surface area contributed by atoms with Gasteiger partial charge in [0.05, 0.1) is 0 Å². The van der Waals surface area contributed by atoms with Crippen LogP contribution in [0.3, 0.4) is 0 Å². The maximum absolute atomic E-state index is 9.87. The summed E-state index contributed by atoms with van der Waals surface area (Å²) in [4.78, 5) is 19.7. The molecule has 0 spiro atoms. The molecule has 0 amide bonds. The van der Waals surface area contributed by atoms with E-state index in [9.17, 15) is 9.59 Å². The van der Waals surface area contributed by atoms with E-state index in [0.29, 0.717) is 12.8 Å². The second-order valence-corrected chi connectivity index (χ2v) is 3.70. The van der Waals surface area contributed by atoms with Gasteiger partial charge in [-0.2, -0.15) is 0 Å². The summed E-state index contributed by atoms with van der Waals surface area (Å²) in [6.07, 6.45) is 6.55. The number of carboxylic acids is 2. The Morgan fingerprint density at radius 3 is 1.24 bits per heavy atom. The molecule has 0 fully saturated rings. The smallest absolute Gasteiger partial charge is 0.303 e. The second-order valence-electron chi connectivity index (χ2n) is 3.70. The molecule has 17 heavy (non-hydrogen) atoms. The molecule has 106 valence electrons. The molecule has 0 atom stereocenters. The molecule has 5 heteroatoms. The molecule has 0 aliphatic heterocycles. The fourth-order valence-electron chi connectivity index (χ4n) is 1.05. The largest absolute Gasteiger partial charge is 0.481 e. The van der Waals surface area contributed by atoms with Crippen molar-refractivity contribution in [1.82, 2.24) is 0 Å². The maximum atomic E-state index is 9.87. The Kier molecular flexibility index (Phi) is 23.2. The van der Waals surface area contributed by atoms with E-state index in [1.54, 1.807) is 0 Å². The van der Waals surface area contributed by atoms with E-state index < -0.39 is 11.9 Å². The van der Waals surface area contributed by atoms with Crippen molar-refractivity contribution in [3.8, 4) is 0 Å². The van der Waals surface area contributed by atoms with Crippen LogP contribution in [0.15, 0.2) is 0 Å². The molecule has 2 N–H and O–H groups in total. The molecule has 0 aromatic carbocycles. The van der Waals surface area contributed by atoms with Crippen LogP contribution in [-0.2, 0) is 30.7 Å². The van der Waals surface area contributed by atoms with Crippen LogP contribution < -0.4 is 0 Å². The Morgan fingerprint density at radius 1 is 0.765 bits per heavy atom. The standard InChI is InChI=1S/2C6H12O2.Pt/c2*1-2-3-4-5-6(7)8;/h2*2-5H2,1H3,(H,7,8);. The molecule has 0 aromatic rings. The van der Waals surface area contributed by atoms with Crippen LogP contribution in [-0.4, -0.2) is 22.2 Å². The topological polar surface area (TPSA) is 74.6 Å². The normalized spacial score (nSPS) is 8.59. The van der Waals surface area contributed by atoms with Gasteiger partial charge in [-0.3, -0.25) is 9.59 Å². The van der Waals surface area contributed by atoms with E-state index >= 15 is 0 Å². The first kappa shape index (κ1) is 21.9. The van der Waals surface area contributed by atoms with Crippen LogP contribution in [0.25, 0.3) is 0 Å². The van der Waals surface area contributed by atoms with Crippen molar-refractivity contribution in [2.24, 2.45) is 0 Å². The summed E-state index contributed by atoms with van der Waals surface area (Å²) in [5, 5.41) is 16.3. The first-order chi connectivity index (χ1) is 7.54. The van der Waals surface area contributed by atoms with E-state index in [4.69, 9.17) is 10.2 Å². The number of carbonyl (C=O) groups is 2. The van der Waals surface area contributed by atoms with Crippen molar-refractivity contribution in [3.05, 3.63) is 0 Å². The molecule has 0 saturated carbocycles. The van der Waals surface area contributed by atoms with Gasteiger partial charge in [-0.1, -0.05) is 39.5 Å². The van der Waals surface area contributed by atoms with Gasteiger partial charge in [-0.25, -0.2) is 0 Å². The van der Waals surface area contributed by atoms with Crippen LogP contribution in [0, 0.1) is 0 Å². The minimum Gasteiger partial charge on any atom is -0.481 e. The molecule has 0 radical (unpaired) electrons. The van der Waals surface area contributed by atoms with Crippen LogP contribution in [0.1, 0.15) is 65.2 Å². The van der Waals surface area contributed by atoms with Gasteiger partial charge in [0, 0.05) is 33.9 Å².